The average molecular weight is 371 g/mol. The summed E-state index contributed by atoms with van der Waals surface area (Å²) in [6, 6.07) is 3.27. The van der Waals surface area contributed by atoms with Crippen molar-refractivity contribution < 1.29 is 4.74 Å². The van der Waals surface area contributed by atoms with Gasteiger partial charge in [-0.15, -0.1) is 0 Å². The SMILES string of the molecule is C/C=C(\C)Nc1c(C#N)c(Br)nn1COCC[Si](C)(C)C. The summed E-state index contributed by atoms with van der Waals surface area (Å²) < 4.78 is 7.92. The number of nitriles is 1. The second-order valence-electron chi connectivity index (χ2n) is 6.07. The highest BCUT2D eigenvalue weighted by atomic mass is 79.9. The molecule has 0 bridgehead atoms. The Balaban J connectivity index is 2.80. The first-order valence-electron chi connectivity index (χ1n) is 6.92. The minimum Gasteiger partial charge on any atom is -0.359 e. The summed E-state index contributed by atoms with van der Waals surface area (Å²) in [5.74, 6) is 0.660. The lowest BCUT2D eigenvalue weighted by atomic mass is 10.3. The highest BCUT2D eigenvalue weighted by molar-refractivity contribution is 9.10. The maximum atomic E-state index is 9.25. The third-order valence-electron chi connectivity index (χ3n) is 2.98. The number of anilines is 1. The number of ether oxygens (including phenoxy) is 1. The molecule has 0 radical (unpaired) electrons. The van der Waals surface area contributed by atoms with E-state index in [9.17, 15) is 5.26 Å². The van der Waals surface area contributed by atoms with Gasteiger partial charge in [0.1, 0.15) is 28.8 Å². The topological polar surface area (TPSA) is 62.9 Å². The molecule has 0 aromatic carbocycles. The second-order valence-corrected chi connectivity index (χ2v) is 12.4. The van der Waals surface area contributed by atoms with Crippen LogP contribution in [-0.2, 0) is 11.5 Å². The first kappa shape index (κ1) is 17.9. The predicted octanol–water partition coefficient (Wildman–Crippen LogP) is 4.17. The molecule has 1 heterocycles. The Bertz CT molecular complexity index is 555. The molecule has 0 atom stereocenters. The monoisotopic (exact) mass is 370 g/mol. The Morgan fingerprint density at radius 2 is 2.19 bits per heavy atom. The van der Waals surface area contributed by atoms with Gasteiger partial charge in [-0.25, -0.2) is 4.68 Å². The van der Waals surface area contributed by atoms with Crippen LogP contribution in [0.2, 0.25) is 25.7 Å². The molecule has 0 aliphatic rings. The minimum absolute atomic E-state index is 0.337. The van der Waals surface area contributed by atoms with Gasteiger partial charge >= 0.3 is 0 Å². The van der Waals surface area contributed by atoms with Crippen molar-refractivity contribution in [1.82, 2.24) is 9.78 Å². The van der Waals surface area contributed by atoms with Crippen LogP contribution in [0, 0.1) is 11.3 Å². The molecule has 7 heteroatoms. The fourth-order valence-electron chi connectivity index (χ4n) is 1.54. The van der Waals surface area contributed by atoms with Crippen LogP contribution in [0.15, 0.2) is 16.4 Å². The maximum Gasteiger partial charge on any atom is 0.150 e. The Labute approximate surface area is 136 Å². The number of nitrogens with zero attached hydrogens (tertiary/aromatic N) is 3. The van der Waals surface area contributed by atoms with Gasteiger partial charge in [0.15, 0.2) is 0 Å². The fraction of sp³-hybridized carbons (Fsp3) is 0.571. The van der Waals surface area contributed by atoms with Crippen molar-refractivity contribution in [2.45, 2.75) is 46.3 Å². The summed E-state index contributed by atoms with van der Waals surface area (Å²) in [6.07, 6.45) is 1.94. The summed E-state index contributed by atoms with van der Waals surface area (Å²) in [5, 5.41) is 16.8. The highest BCUT2D eigenvalue weighted by Crippen LogP contribution is 2.25. The van der Waals surface area contributed by atoms with Gasteiger partial charge < -0.3 is 10.1 Å². The average Bonchev–Trinajstić information content (AvgIpc) is 2.69. The molecular weight excluding hydrogens is 348 g/mol. The molecule has 0 aliphatic heterocycles. The lowest BCUT2D eigenvalue weighted by molar-refractivity contribution is 0.0798. The Kier molecular flexibility index (Phi) is 6.65. The highest BCUT2D eigenvalue weighted by Gasteiger charge is 2.17. The van der Waals surface area contributed by atoms with E-state index >= 15 is 0 Å². The lowest BCUT2D eigenvalue weighted by Crippen LogP contribution is -2.22. The molecule has 21 heavy (non-hydrogen) atoms. The number of rotatable bonds is 7. The minimum atomic E-state index is -1.09. The third kappa shape index (κ3) is 5.65. The zero-order valence-electron chi connectivity index (χ0n) is 13.3. The van der Waals surface area contributed by atoms with E-state index < -0.39 is 8.07 Å². The Hall–Kier alpha value is -1.10. The van der Waals surface area contributed by atoms with E-state index in [1.54, 1.807) is 4.68 Å². The van der Waals surface area contributed by atoms with Crippen molar-refractivity contribution in [3.8, 4) is 6.07 Å². The molecule has 0 amide bonds. The molecule has 1 rings (SSSR count). The van der Waals surface area contributed by atoms with Crippen LogP contribution in [0.1, 0.15) is 19.4 Å². The molecule has 0 unspecified atom stereocenters. The van der Waals surface area contributed by atoms with E-state index in [4.69, 9.17) is 4.74 Å². The molecule has 0 fully saturated rings. The van der Waals surface area contributed by atoms with E-state index in [-0.39, 0.29) is 0 Å². The Morgan fingerprint density at radius 3 is 2.71 bits per heavy atom. The van der Waals surface area contributed by atoms with Gasteiger partial charge in [-0.05, 0) is 35.8 Å². The van der Waals surface area contributed by atoms with E-state index in [2.05, 4.69) is 52.1 Å². The zero-order chi connectivity index (χ0) is 16.0. The molecule has 1 N–H and O–H groups in total. The standard InChI is InChI=1S/C14H23BrN4OSi/c1-6-11(2)17-14-12(9-16)13(15)18-19(14)10-20-7-8-21(3,4)5/h6,17H,7-8,10H2,1-5H3/b11-6+. The van der Waals surface area contributed by atoms with Crippen molar-refractivity contribution in [3.63, 3.8) is 0 Å². The molecule has 0 aliphatic carbocycles. The van der Waals surface area contributed by atoms with Crippen LogP contribution < -0.4 is 5.32 Å². The molecule has 0 saturated carbocycles. The number of halogens is 1. The number of allylic oxidation sites excluding steroid dienone is 2. The number of aromatic nitrogens is 2. The normalized spacial score (nSPS) is 12.3. The van der Waals surface area contributed by atoms with Crippen LogP contribution in [-0.4, -0.2) is 24.5 Å². The maximum absolute atomic E-state index is 9.25. The molecule has 0 spiro atoms. The van der Waals surface area contributed by atoms with Crippen LogP contribution in [0.3, 0.4) is 0 Å². The number of nitrogens with one attached hydrogen (secondary N) is 1. The fourth-order valence-corrected chi connectivity index (χ4v) is 2.77. The van der Waals surface area contributed by atoms with E-state index in [1.165, 1.54) is 0 Å². The summed E-state index contributed by atoms with van der Waals surface area (Å²) in [6.45, 7) is 11.9. The van der Waals surface area contributed by atoms with E-state index in [1.807, 2.05) is 19.9 Å². The van der Waals surface area contributed by atoms with Gasteiger partial charge in [-0.2, -0.15) is 10.4 Å². The van der Waals surface area contributed by atoms with Crippen molar-refractivity contribution in [3.05, 3.63) is 21.9 Å². The first-order valence-corrected chi connectivity index (χ1v) is 11.4. The first-order chi connectivity index (χ1) is 9.78. The second kappa shape index (κ2) is 7.78. The smallest absolute Gasteiger partial charge is 0.150 e. The molecular formula is C14H23BrN4OSi. The summed E-state index contributed by atoms with van der Waals surface area (Å²) >= 11 is 3.32. The largest absolute Gasteiger partial charge is 0.359 e. The molecule has 1 aromatic rings. The van der Waals surface area contributed by atoms with Gasteiger partial charge in [-0.1, -0.05) is 25.7 Å². The Morgan fingerprint density at radius 1 is 1.52 bits per heavy atom. The molecule has 116 valence electrons. The third-order valence-corrected chi connectivity index (χ3v) is 5.24. The van der Waals surface area contributed by atoms with Crippen molar-refractivity contribution in [2.24, 2.45) is 0 Å². The summed E-state index contributed by atoms with van der Waals surface area (Å²) in [4.78, 5) is 0. The van der Waals surface area contributed by atoms with Crippen molar-refractivity contribution in [2.75, 3.05) is 11.9 Å². The predicted molar refractivity (Wildman–Crippen MR) is 91.8 cm³/mol. The van der Waals surface area contributed by atoms with E-state index in [0.29, 0.717) is 22.7 Å². The summed E-state index contributed by atoms with van der Waals surface area (Å²) in [5.41, 5.74) is 1.45. The van der Waals surface area contributed by atoms with Crippen LogP contribution >= 0.6 is 15.9 Å². The van der Waals surface area contributed by atoms with Gasteiger partial charge in [0.2, 0.25) is 0 Å². The van der Waals surface area contributed by atoms with Crippen LogP contribution in [0.4, 0.5) is 5.82 Å². The van der Waals surface area contributed by atoms with Crippen molar-refractivity contribution >= 4 is 29.8 Å². The molecule has 0 saturated heterocycles. The lowest BCUT2D eigenvalue weighted by Gasteiger charge is -2.16. The van der Waals surface area contributed by atoms with Crippen LogP contribution in [0.5, 0.6) is 0 Å². The van der Waals surface area contributed by atoms with Crippen molar-refractivity contribution in [1.29, 1.82) is 5.26 Å². The van der Waals surface area contributed by atoms with Gasteiger partial charge in [-0.3, -0.25) is 0 Å². The van der Waals surface area contributed by atoms with Gasteiger partial charge in [0.05, 0.1) is 0 Å². The van der Waals surface area contributed by atoms with Gasteiger partial charge in [0, 0.05) is 20.4 Å². The quantitative estimate of drug-likeness (QED) is 0.577. The number of hydrogen-bond donors (Lipinski definition) is 1. The zero-order valence-corrected chi connectivity index (χ0v) is 15.9. The van der Waals surface area contributed by atoms with Crippen LogP contribution in [0.25, 0.3) is 0 Å². The summed E-state index contributed by atoms with van der Waals surface area (Å²) in [7, 11) is -1.09. The van der Waals surface area contributed by atoms with Gasteiger partial charge in [0.25, 0.3) is 0 Å². The van der Waals surface area contributed by atoms with E-state index in [0.717, 1.165) is 18.3 Å². The molecule has 1 aromatic heterocycles. The number of hydrogen-bond acceptors (Lipinski definition) is 4. The molecule has 5 nitrogen and oxygen atoms in total.